The van der Waals surface area contributed by atoms with Gasteiger partial charge in [0.25, 0.3) is 11.9 Å². The van der Waals surface area contributed by atoms with Crippen LogP contribution in [0.1, 0.15) is 177 Å². The van der Waals surface area contributed by atoms with Crippen molar-refractivity contribution in [1.29, 1.82) is 0 Å². The molecule has 0 atom stereocenters. The van der Waals surface area contributed by atoms with E-state index in [9.17, 15) is 0 Å². The molecule has 8 rings (SSSR count). The molecule has 0 aliphatic rings. The van der Waals surface area contributed by atoms with Crippen molar-refractivity contribution in [2.45, 2.75) is 182 Å². The number of aldehydes is 1. The van der Waals surface area contributed by atoms with Gasteiger partial charge in [0.1, 0.15) is 19.5 Å². The number of aromatic amines is 1. The largest absolute Gasteiger partial charge is 0.726 e. The van der Waals surface area contributed by atoms with Crippen molar-refractivity contribution in [3.8, 4) is 0 Å². The first-order chi connectivity index (χ1) is 56.6. The summed E-state index contributed by atoms with van der Waals surface area (Å²) in [6.07, 6.45) is 10.8. The zero-order valence-electron chi connectivity index (χ0n) is 70.6. The Hall–Kier alpha value is -8.44. The van der Waals surface area contributed by atoms with Crippen molar-refractivity contribution in [1.82, 2.24) is 50.8 Å². The number of halogens is 3. The number of hydroxylamine groups is 4. The minimum atomic E-state index is -4.92. The molecular weight excluding hydrogens is 1810 g/mol. The van der Waals surface area contributed by atoms with E-state index in [-0.39, 0.29) is 51.1 Å². The number of nitrogens with zero attached hydrogens (tertiary/aromatic N) is 10. The second-order valence-corrected chi connectivity index (χ2v) is 26.1. The second kappa shape index (κ2) is 87.5. The number of benzene rings is 5. The third-order valence-corrected chi connectivity index (χ3v) is 13.5. The number of H-pyrrole nitrogens is 1. The van der Waals surface area contributed by atoms with Crippen LogP contribution < -0.4 is 63.9 Å². The van der Waals surface area contributed by atoms with Gasteiger partial charge in [-0.2, -0.15) is 49.8 Å². The van der Waals surface area contributed by atoms with Gasteiger partial charge in [-0.3, -0.25) is 47.7 Å². The molecule has 0 amide bonds. The van der Waals surface area contributed by atoms with Crippen LogP contribution in [0.4, 0.5) is 47.6 Å². The van der Waals surface area contributed by atoms with Gasteiger partial charge in [0.15, 0.2) is 0 Å². The van der Waals surface area contributed by atoms with Crippen LogP contribution in [0, 0.1) is 4.43 Å². The molecule has 0 saturated carbocycles. The van der Waals surface area contributed by atoms with E-state index >= 15 is 0 Å². The van der Waals surface area contributed by atoms with Crippen LogP contribution in [0.5, 0.6) is 0 Å². The Morgan fingerprint density at radius 1 is 0.533 bits per heavy atom. The number of hydrogen-bond donors (Lipinski definition) is 13. The number of anilines is 8. The number of nitrogens with one attached hydrogen (secondary N) is 9. The molecule has 0 aliphatic heterocycles. The van der Waals surface area contributed by atoms with Crippen LogP contribution in [0.15, 0.2) is 164 Å². The summed E-state index contributed by atoms with van der Waals surface area (Å²) in [5.74, 6) is 8.61. The van der Waals surface area contributed by atoms with Gasteiger partial charge in [-0.25, -0.2) is 34.7 Å². The van der Waals surface area contributed by atoms with Gasteiger partial charge in [-0.05, 0) is 98.7 Å². The number of hydrogen-bond acceptors (Lipinski definition) is 31. The Kier molecular flexibility index (Phi) is 90.8. The SMILES string of the molecule is C.C.C=CNOCc1ccccc1.CC(=O)O.CC=O.CCCNc1nc(Cl)nc(NCCC)n1.CCCNc1nc(NCCC)[nH+]c(N(CC)OCc2ccccc2)n1.CCCNc1nc(NCCC)nc(N(CC)OCc2ccccc2)n1.CCC[CH-]I.CCNOCc1ccccc1.Cl.NOCc1ccccc1.O=S(=O)(O)O.O=S(=O)([O-])O.[V]. The predicted octanol–water partition coefficient (Wildman–Crippen LogP) is 15.9. The number of rotatable bonds is 40. The smallest absolute Gasteiger partial charge is 0.394 e. The Labute approximate surface area is 761 Å². The Morgan fingerprint density at radius 2 is 0.828 bits per heavy atom. The molecule has 36 nitrogen and oxygen atoms in total. The standard InChI is InChI=1S/2C18H28N6O.C9H16ClN5.C9H13NO.C9H11NO.C7H9NO.C4H8I.C2H4O2.C2H4O.2CH4.ClH.2H2O4S.V/c2*1-4-12-19-16-21-17(20-13-5-2)23-18(22-16)24(6-3)25-14-15-10-8-7-9-11-15;1-3-5-11-8-13-7(10)14-9(15-8)12-6-4-2;2*1-2-10-11-8-9-6-4-3-5-7-9;8-9-6-7-4-2-1-3-5-7;1-2-3-4-5;1-2(3)4;1-2-3;;;;2*1-5(2,3)4;/h2*7-11H,4-6,12-14H2,1-3H3,(H2,19,20,21,22,23);3-6H2,1-2H3,(H2,11,12,13,14,15);3-7,10H,2,8H2,1H3;2-7,10H,1,8H2;1-5H,6,8H2;4H,2-3H2,1H3;1H3,(H,3,4);2H,1H3;2*1H4;1H;2*(H2,1,2,3,4);/q;;;;;;-1;;;;;;;;. The van der Waals surface area contributed by atoms with Gasteiger partial charge in [-0.1, -0.05) is 245 Å². The molecule has 0 bridgehead atoms. The molecule has 0 saturated heterocycles. The molecule has 3 aromatic heterocycles. The topological polar surface area (TPSA) is 499 Å². The number of aromatic nitrogens is 9. The minimum Gasteiger partial charge on any atom is -0.726 e. The number of carbonyl (C=O) groups excluding carboxylic acids is 1. The molecule has 8 aromatic rings. The summed E-state index contributed by atoms with van der Waals surface area (Å²) in [5, 5.41) is 30.2. The second-order valence-electron chi connectivity index (χ2n) is 23.1. The fourth-order valence-corrected chi connectivity index (χ4v) is 8.42. The fraction of sp³-hybridized carbons (Fsp3) is 0.450. The first kappa shape index (κ1) is 127. The number of aliphatic carboxylic acids is 1. The van der Waals surface area contributed by atoms with Crippen LogP contribution in [0.25, 0.3) is 0 Å². The molecule has 0 fully saturated rings. The molecular formula is C80H134Cl2IN20O16S2V-. The molecule has 1 radical (unpaired) electrons. The average Bonchev–Trinajstić information content (AvgIpc) is 0.848. The summed E-state index contributed by atoms with van der Waals surface area (Å²) in [5.41, 5.74) is 11.0. The number of carboxylic acids is 1. The third-order valence-electron chi connectivity index (χ3n) is 12.7. The summed E-state index contributed by atoms with van der Waals surface area (Å²) in [4.78, 5) is 81.9. The maximum Gasteiger partial charge on any atom is 0.394 e. The molecule has 42 heteroatoms. The summed E-state index contributed by atoms with van der Waals surface area (Å²) in [6, 6.07) is 50.0. The Morgan fingerprint density at radius 3 is 1.11 bits per heavy atom. The van der Waals surface area contributed by atoms with E-state index in [1.54, 1.807) is 10.1 Å². The van der Waals surface area contributed by atoms with E-state index in [0.29, 0.717) is 93.7 Å². The molecule has 689 valence electrons. The Balaban J connectivity index is -0.000000253. The number of carboxylic acid groups (broad SMARTS) is 1. The van der Waals surface area contributed by atoms with Gasteiger partial charge >= 0.3 is 28.2 Å². The maximum absolute atomic E-state index is 9.00. The van der Waals surface area contributed by atoms with Crippen molar-refractivity contribution < 1.29 is 97.5 Å². The van der Waals surface area contributed by atoms with Crippen LogP contribution in [0.3, 0.4) is 0 Å². The molecule has 3 heterocycles. The van der Waals surface area contributed by atoms with E-state index < -0.39 is 26.8 Å². The van der Waals surface area contributed by atoms with Crippen molar-refractivity contribution in [3.63, 3.8) is 0 Å². The number of unbranched alkanes of at least 4 members (excludes halogenated alkanes) is 1. The summed E-state index contributed by atoms with van der Waals surface area (Å²) in [6.45, 7) is 36.5. The van der Waals surface area contributed by atoms with Crippen LogP contribution in [0.2, 0.25) is 5.28 Å². The van der Waals surface area contributed by atoms with Gasteiger partial charge in [0.2, 0.25) is 39.5 Å². The summed E-state index contributed by atoms with van der Waals surface area (Å²) in [7, 11) is -9.58. The van der Waals surface area contributed by atoms with Crippen LogP contribution in [-0.4, -0.2) is 151 Å². The third kappa shape index (κ3) is 82.5. The van der Waals surface area contributed by atoms with E-state index in [2.05, 4.69) is 175 Å². The van der Waals surface area contributed by atoms with Crippen LogP contribution >= 0.6 is 46.6 Å². The van der Waals surface area contributed by atoms with E-state index in [1.807, 2.05) is 172 Å². The quantitative estimate of drug-likeness (QED) is 0.00323. The minimum absolute atomic E-state index is 0. The number of nitrogens with two attached hydrogens (primary N) is 1. The van der Waals surface area contributed by atoms with Crippen molar-refractivity contribution >= 4 is 127 Å². The molecule has 0 unspecified atom stereocenters. The van der Waals surface area contributed by atoms with Crippen molar-refractivity contribution in [2.24, 2.45) is 5.90 Å². The van der Waals surface area contributed by atoms with Gasteiger partial charge in [0.05, 0.1) is 26.4 Å². The summed E-state index contributed by atoms with van der Waals surface area (Å²) < 4.78 is 66.6. The zero-order valence-corrected chi connectivity index (χ0v) is 77.4. The fourth-order valence-electron chi connectivity index (χ4n) is 7.64. The van der Waals surface area contributed by atoms with Gasteiger partial charge < -0.3 is 68.9 Å². The monoisotopic (exact) mass is 1940 g/mol. The van der Waals surface area contributed by atoms with Gasteiger partial charge in [0, 0.05) is 84.0 Å². The van der Waals surface area contributed by atoms with Crippen molar-refractivity contribution in [2.75, 3.05) is 101 Å². The molecule has 0 spiro atoms. The Bertz CT molecular complexity index is 3710. The van der Waals surface area contributed by atoms with Crippen molar-refractivity contribution in [3.05, 3.63) is 202 Å². The first-order valence-electron chi connectivity index (χ1n) is 38.1. The van der Waals surface area contributed by atoms with E-state index in [1.165, 1.54) is 31.5 Å². The maximum atomic E-state index is 9.00. The normalized spacial score (nSPS) is 9.57. The first-order valence-corrected chi connectivity index (χ1v) is 42.5. The molecule has 5 aromatic carbocycles. The molecule has 0 aliphatic carbocycles. The predicted molar refractivity (Wildman–Crippen MR) is 495 cm³/mol. The van der Waals surface area contributed by atoms with E-state index in [0.717, 1.165) is 120 Å². The summed E-state index contributed by atoms with van der Waals surface area (Å²) >= 11 is 8.03. The number of carbonyl (C=O) groups is 2. The average molecular weight is 1940 g/mol. The zero-order chi connectivity index (χ0) is 88.7. The molecule has 122 heavy (non-hydrogen) atoms. The van der Waals surface area contributed by atoms with Crippen LogP contribution in [-0.2, 0) is 106 Å². The van der Waals surface area contributed by atoms with E-state index in [4.69, 9.17) is 86.6 Å². The van der Waals surface area contributed by atoms with Gasteiger partial charge in [-0.15, -0.1) is 12.4 Å². The molecule has 15 N–H and O–H groups in total.